The molecule has 0 amide bonds. The van der Waals surface area contributed by atoms with Gasteiger partial charge in [-0.15, -0.1) is 0 Å². The van der Waals surface area contributed by atoms with Gasteiger partial charge in [-0.2, -0.15) is 11.3 Å². The highest BCUT2D eigenvalue weighted by molar-refractivity contribution is 7.08. The van der Waals surface area contributed by atoms with Crippen molar-refractivity contribution in [1.82, 2.24) is 10.3 Å². The highest BCUT2D eigenvalue weighted by Crippen LogP contribution is 2.40. The molecule has 0 bridgehead atoms. The molecule has 0 aliphatic carbocycles. The van der Waals surface area contributed by atoms with Crippen LogP contribution in [0.25, 0.3) is 22.2 Å². The number of benzene rings is 1. The van der Waals surface area contributed by atoms with Crippen LogP contribution < -0.4 is 5.32 Å². The van der Waals surface area contributed by atoms with Crippen LogP contribution in [0, 0.1) is 5.82 Å². The second-order valence-corrected chi connectivity index (χ2v) is 6.51. The fourth-order valence-electron chi connectivity index (χ4n) is 3.32. The van der Waals surface area contributed by atoms with Crippen LogP contribution in [0.1, 0.15) is 17.9 Å². The molecule has 1 aromatic carbocycles. The Kier molecular flexibility index (Phi) is 3.47. The molecule has 1 saturated heterocycles. The van der Waals surface area contributed by atoms with Gasteiger partial charge in [0.15, 0.2) is 0 Å². The zero-order valence-electron chi connectivity index (χ0n) is 11.9. The average molecular weight is 318 g/mol. The van der Waals surface area contributed by atoms with Gasteiger partial charge in [-0.3, -0.25) is 0 Å². The number of alkyl halides is 1. The summed E-state index contributed by atoms with van der Waals surface area (Å²) in [6, 6.07) is 6.70. The molecular formula is C17H16F2N2S. The van der Waals surface area contributed by atoms with Crippen molar-refractivity contribution in [2.75, 3.05) is 13.1 Å². The van der Waals surface area contributed by atoms with Crippen LogP contribution in [-0.4, -0.2) is 24.2 Å². The number of piperidine rings is 1. The van der Waals surface area contributed by atoms with Gasteiger partial charge in [-0.1, -0.05) is 0 Å². The van der Waals surface area contributed by atoms with Crippen molar-refractivity contribution in [2.45, 2.75) is 18.5 Å². The maximum absolute atomic E-state index is 14.5. The molecule has 5 heteroatoms. The van der Waals surface area contributed by atoms with Gasteiger partial charge in [0.2, 0.25) is 0 Å². The summed E-state index contributed by atoms with van der Waals surface area (Å²) in [6.45, 7) is 1.32. The van der Waals surface area contributed by atoms with Gasteiger partial charge in [0.25, 0.3) is 0 Å². The van der Waals surface area contributed by atoms with E-state index in [0.717, 1.165) is 27.7 Å². The first kappa shape index (κ1) is 13.9. The third-order valence-electron chi connectivity index (χ3n) is 4.38. The van der Waals surface area contributed by atoms with E-state index in [2.05, 4.69) is 10.3 Å². The molecule has 1 fully saturated rings. The number of halogens is 2. The van der Waals surface area contributed by atoms with Gasteiger partial charge in [0, 0.05) is 34.3 Å². The lowest BCUT2D eigenvalue weighted by Gasteiger charge is -2.27. The van der Waals surface area contributed by atoms with Crippen molar-refractivity contribution >= 4 is 22.2 Å². The Balaban J connectivity index is 1.95. The summed E-state index contributed by atoms with van der Waals surface area (Å²) in [5.74, 6) is -0.487. The zero-order chi connectivity index (χ0) is 15.1. The molecule has 2 atom stereocenters. The third-order valence-corrected chi connectivity index (χ3v) is 5.06. The number of hydrogen-bond acceptors (Lipinski definition) is 2. The SMILES string of the molecule is Fc1ccc2c([C@@H]3CNCC[C@H]3F)c(-c3ccsc3)[nH]c2c1. The van der Waals surface area contributed by atoms with E-state index in [9.17, 15) is 8.78 Å². The monoisotopic (exact) mass is 318 g/mol. The standard InChI is InChI=1S/C17H16F2N2S/c18-11-1-2-12-15(7-11)21-17(10-4-6-22-9-10)16(12)13-8-20-5-3-14(13)19/h1-2,4,6-7,9,13-14,20-21H,3,5,8H2/t13-,14-/m1/s1. The van der Waals surface area contributed by atoms with Gasteiger partial charge < -0.3 is 10.3 Å². The molecule has 0 unspecified atom stereocenters. The lowest BCUT2D eigenvalue weighted by atomic mass is 9.87. The second-order valence-electron chi connectivity index (χ2n) is 5.73. The van der Waals surface area contributed by atoms with Crippen molar-refractivity contribution in [1.29, 1.82) is 0 Å². The Labute approximate surface area is 131 Å². The predicted molar refractivity (Wildman–Crippen MR) is 86.7 cm³/mol. The van der Waals surface area contributed by atoms with Gasteiger partial charge >= 0.3 is 0 Å². The van der Waals surface area contributed by atoms with E-state index in [1.165, 1.54) is 12.1 Å². The Hall–Kier alpha value is -1.72. The van der Waals surface area contributed by atoms with E-state index >= 15 is 0 Å². The van der Waals surface area contributed by atoms with Crippen molar-refractivity contribution < 1.29 is 8.78 Å². The molecule has 2 nitrogen and oxygen atoms in total. The van der Waals surface area contributed by atoms with Crippen LogP contribution in [0.4, 0.5) is 8.78 Å². The van der Waals surface area contributed by atoms with Crippen molar-refractivity contribution in [3.05, 3.63) is 46.4 Å². The van der Waals surface area contributed by atoms with Gasteiger partial charge in [0.05, 0.1) is 5.69 Å². The van der Waals surface area contributed by atoms with Crippen LogP contribution in [0.2, 0.25) is 0 Å². The number of hydrogen-bond donors (Lipinski definition) is 2. The Morgan fingerprint density at radius 1 is 1.23 bits per heavy atom. The minimum absolute atomic E-state index is 0.206. The summed E-state index contributed by atoms with van der Waals surface area (Å²) in [5, 5.41) is 8.23. The van der Waals surface area contributed by atoms with Crippen molar-refractivity contribution in [3.63, 3.8) is 0 Å². The van der Waals surface area contributed by atoms with Crippen molar-refractivity contribution in [2.24, 2.45) is 0 Å². The Morgan fingerprint density at radius 2 is 2.14 bits per heavy atom. The van der Waals surface area contributed by atoms with Crippen LogP contribution in [0.15, 0.2) is 35.0 Å². The van der Waals surface area contributed by atoms with Crippen LogP contribution in [0.3, 0.4) is 0 Å². The first-order valence-corrected chi connectivity index (χ1v) is 8.37. The number of fused-ring (bicyclic) bond motifs is 1. The van der Waals surface area contributed by atoms with Gasteiger partial charge in [0.1, 0.15) is 12.0 Å². The first-order chi connectivity index (χ1) is 10.7. The topological polar surface area (TPSA) is 27.8 Å². The van der Waals surface area contributed by atoms with E-state index in [4.69, 9.17) is 0 Å². The third kappa shape index (κ3) is 2.25. The molecule has 0 saturated carbocycles. The maximum atomic E-state index is 14.5. The molecular weight excluding hydrogens is 302 g/mol. The van der Waals surface area contributed by atoms with Crippen molar-refractivity contribution in [3.8, 4) is 11.3 Å². The molecule has 0 spiro atoms. The molecule has 1 aliphatic rings. The molecule has 114 valence electrons. The van der Waals surface area contributed by atoms with E-state index in [0.29, 0.717) is 19.5 Å². The summed E-state index contributed by atoms with van der Waals surface area (Å²) < 4.78 is 28.0. The van der Waals surface area contributed by atoms with E-state index in [-0.39, 0.29) is 11.7 Å². The largest absolute Gasteiger partial charge is 0.354 e. The zero-order valence-corrected chi connectivity index (χ0v) is 12.7. The summed E-state index contributed by atoms with van der Waals surface area (Å²) >= 11 is 1.60. The molecule has 1 aliphatic heterocycles. The summed E-state index contributed by atoms with van der Waals surface area (Å²) in [5.41, 5.74) is 3.65. The normalized spacial score (nSPS) is 22.3. The van der Waals surface area contributed by atoms with Gasteiger partial charge in [-0.25, -0.2) is 8.78 Å². The summed E-state index contributed by atoms with van der Waals surface area (Å²) in [6.07, 6.45) is -0.357. The number of aromatic amines is 1. The highest BCUT2D eigenvalue weighted by atomic mass is 32.1. The lowest BCUT2D eigenvalue weighted by Crippen LogP contribution is -2.36. The predicted octanol–water partition coefficient (Wildman–Crippen LogP) is 4.45. The Bertz CT molecular complexity index is 794. The minimum Gasteiger partial charge on any atom is -0.354 e. The minimum atomic E-state index is -0.873. The lowest BCUT2D eigenvalue weighted by molar-refractivity contribution is 0.229. The number of aromatic nitrogens is 1. The summed E-state index contributed by atoms with van der Waals surface area (Å²) in [7, 11) is 0. The first-order valence-electron chi connectivity index (χ1n) is 7.42. The van der Waals surface area contributed by atoms with E-state index < -0.39 is 6.17 Å². The molecule has 4 rings (SSSR count). The summed E-state index contributed by atoms with van der Waals surface area (Å²) in [4.78, 5) is 3.30. The molecule has 0 radical (unpaired) electrons. The number of thiophene rings is 1. The maximum Gasteiger partial charge on any atom is 0.125 e. The van der Waals surface area contributed by atoms with Crippen LogP contribution >= 0.6 is 11.3 Å². The fraction of sp³-hybridized carbons (Fsp3) is 0.294. The molecule has 22 heavy (non-hydrogen) atoms. The van der Waals surface area contributed by atoms with E-state index in [1.54, 1.807) is 17.4 Å². The van der Waals surface area contributed by atoms with Crippen LogP contribution in [-0.2, 0) is 0 Å². The molecule has 2 aromatic heterocycles. The number of rotatable bonds is 2. The second kappa shape index (κ2) is 5.48. The fourth-order valence-corrected chi connectivity index (χ4v) is 3.97. The number of nitrogens with one attached hydrogen (secondary N) is 2. The van der Waals surface area contributed by atoms with E-state index in [1.807, 2.05) is 16.8 Å². The smallest absolute Gasteiger partial charge is 0.125 e. The number of H-pyrrole nitrogens is 1. The molecule has 3 heterocycles. The van der Waals surface area contributed by atoms with Crippen LogP contribution in [0.5, 0.6) is 0 Å². The molecule has 2 N–H and O–H groups in total. The average Bonchev–Trinajstić information content (AvgIpc) is 3.14. The molecule has 3 aromatic rings. The highest BCUT2D eigenvalue weighted by Gasteiger charge is 2.31. The quantitative estimate of drug-likeness (QED) is 0.718. The Morgan fingerprint density at radius 3 is 2.91 bits per heavy atom. The van der Waals surface area contributed by atoms with Gasteiger partial charge in [-0.05, 0) is 48.2 Å².